The summed E-state index contributed by atoms with van der Waals surface area (Å²) < 4.78 is 0. The van der Waals surface area contributed by atoms with Gasteiger partial charge in [-0.15, -0.1) is 0 Å². The molecular weight excluding hydrogens is 483 g/mol. The Morgan fingerprint density at radius 2 is 1.74 bits per heavy atom. The molecule has 2 aromatic carbocycles. The summed E-state index contributed by atoms with van der Waals surface area (Å²) in [6.45, 7) is 8.06. The third-order valence-corrected chi connectivity index (χ3v) is 7.07. The van der Waals surface area contributed by atoms with Gasteiger partial charge in [0.1, 0.15) is 5.82 Å². The van der Waals surface area contributed by atoms with Gasteiger partial charge in [0, 0.05) is 65.1 Å². The van der Waals surface area contributed by atoms with Crippen LogP contribution in [0.15, 0.2) is 47.4 Å². The molecule has 180 valence electrons. The van der Waals surface area contributed by atoms with E-state index in [4.69, 9.17) is 28.2 Å². The Morgan fingerprint density at radius 3 is 2.43 bits per heavy atom. The molecule has 0 radical (unpaired) electrons. The quantitative estimate of drug-likeness (QED) is 0.352. The van der Waals surface area contributed by atoms with E-state index < -0.39 is 0 Å². The van der Waals surface area contributed by atoms with Crippen molar-refractivity contribution in [2.45, 2.75) is 20.3 Å². The first-order valence-corrected chi connectivity index (χ1v) is 12.3. The van der Waals surface area contributed by atoms with Gasteiger partial charge in [-0.3, -0.25) is 4.79 Å². The zero-order valence-corrected chi connectivity index (χ0v) is 21.1. The highest BCUT2D eigenvalue weighted by Gasteiger charge is 2.17. The topological polar surface area (TPSA) is 85.9 Å². The van der Waals surface area contributed by atoms with Gasteiger partial charge in [-0.25, -0.2) is 10.1 Å². The number of aryl methyl sites for hydroxylation is 2. The molecule has 0 aliphatic carbocycles. The summed E-state index contributed by atoms with van der Waals surface area (Å²) in [5.41, 5.74) is 5.52. The van der Waals surface area contributed by atoms with Crippen molar-refractivity contribution in [3.05, 3.63) is 85.4 Å². The van der Waals surface area contributed by atoms with Gasteiger partial charge in [0.15, 0.2) is 0 Å². The Labute approximate surface area is 213 Å². The average Bonchev–Trinajstić information content (AvgIpc) is 2.84. The number of anilines is 3. The molecule has 7 nitrogen and oxygen atoms in total. The Morgan fingerprint density at radius 1 is 1.06 bits per heavy atom. The largest absolute Gasteiger partial charge is 0.369 e. The summed E-state index contributed by atoms with van der Waals surface area (Å²) in [5.74, 6) is 0.477. The van der Waals surface area contributed by atoms with E-state index in [9.17, 15) is 4.79 Å². The number of piperazine rings is 1. The van der Waals surface area contributed by atoms with Crippen molar-refractivity contribution in [2.24, 2.45) is 0 Å². The molecule has 3 N–H and O–H groups in total. The van der Waals surface area contributed by atoms with Crippen LogP contribution < -0.4 is 21.1 Å². The Kier molecular flexibility index (Phi) is 6.65. The average molecular weight is 509 g/mol. The summed E-state index contributed by atoms with van der Waals surface area (Å²) in [7, 11) is 0. The van der Waals surface area contributed by atoms with Crippen LogP contribution in [0.4, 0.5) is 17.2 Å². The normalized spacial score (nSPS) is 13.9. The maximum Gasteiger partial charge on any atom is 0.275 e. The van der Waals surface area contributed by atoms with Gasteiger partial charge in [-0.2, -0.15) is 5.10 Å². The molecule has 9 heteroatoms. The smallest absolute Gasteiger partial charge is 0.275 e. The lowest BCUT2D eigenvalue weighted by atomic mass is 10.0. The van der Waals surface area contributed by atoms with Gasteiger partial charge >= 0.3 is 0 Å². The van der Waals surface area contributed by atoms with E-state index in [2.05, 4.69) is 51.7 Å². The van der Waals surface area contributed by atoms with Gasteiger partial charge in [0.2, 0.25) is 0 Å². The van der Waals surface area contributed by atoms with Crippen molar-refractivity contribution < 1.29 is 0 Å². The molecule has 1 aliphatic rings. The number of nitrogens with one attached hydrogen (secondary N) is 3. The first-order valence-electron chi connectivity index (χ1n) is 11.5. The van der Waals surface area contributed by atoms with Gasteiger partial charge in [-0.05, 0) is 60.9 Å². The number of benzene rings is 2. The third-order valence-electron chi connectivity index (χ3n) is 6.36. The molecule has 1 fully saturated rings. The molecule has 35 heavy (non-hydrogen) atoms. The van der Waals surface area contributed by atoms with Crippen LogP contribution in [0.3, 0.4) is 0 Å². The van der Waals surface area contributed by atoms with Gasteiger partial charge in [0.05, 0.1) is 11.6 Å². The molecule has 5 rings (SSSR count). The molecule has 0 bridgehead atoms. The molecule has 1 saturated heterocycles. The fraction of sp³-hybridized carbons (Fsp3) is 0.269. The number of hydrogen-bond acceptors (Lipinski definition) is 6. The van der Waals surface area contributed by atoms with Crippen molar-refractivity contribution in [1.82, 2.24) is 20.5 Å². The lowest BCUT2D eigenvalue weighted by molar-refractivity contribution is 0.589. The Hall–Kier alpha value is -3.13. The van der Waals surface area contributed by atoms with Crippen LogP contribution >= 0.6 is 23.2 Å². The highest BCUT2D eigenvalue weighted by atomic mass is 35.5. The standard InChI is InChI=1S/C26H26Cl2N6O/c1-15-10-19(34-8-6-29-7-9-34)11-16(2)24(15)32-25-23-17(14-30-33-26(23)35)12-18(31-25)13-20-21(27)4-3-5-22(20)28/h3-5,10-12,14,29H,6-9,13H2,1-2H3,(H,31,32)(H,33,35). The molecule has 0 unspecified atom stereocenters. The van der Waals surface area contributed by atoms with Crippen LogP contribution in [0.25, 0.3) is 10.8 Å². The molecule has 4 aromatic rings. The first-order chi connectivity index (χ1) is 16.9. The van der Waals surface area contributed by atoms with Crippen LogP contribution in [0.2, 0.25) is 10.0 Å². The molecule has 0 saturated carbocycles. The van der Waals surface area contributed by atoms with Gasteiger partial charge in [0.25, 0.3) is 5.56 Å². The number of nitrogens with zero attached hydrogens (tertiary/aromatic N) is 3. The number of aromatic amines is 1. The summed E-state index contributed by atoms with van der Waals surface area (Å²) in [6.07, 6.45) is 2.06. The van der Waals surface area contributed by atoms with Crippen molar-refractivity contribution in [3.8, 4) is 0 Å². The van der Waals surface area contributed by atoms with Gasteiger partial charge < -0.3 is 15.5 Å². The van der Waals surface area contributed by atoms with Crippen molar-refractivity contribution in [1.29, 1.82) is 0 Å². The van der Waals surface area contributed by atoms with E-state index >= 15 is 0 Å². The maximum atomic E-state index is 12.7. The van der Waals surface area contributed by atoms with Crippen LogP contribution in [0.5, 0.6) is 0 Å². The van der Waals surface area contributed by atoms with Crippen molar-refractivity contribution in [3.63, 3.8) is 0 Å². The Bertz CT molecular complexity index is 1420. The minimum Gasteiger partial charge on any atom is -0.369 e. The molecule has 0 spiro atoms. The number of halogens is 2. The van der Waals surface area contributed by atoms with Crippen LogP contribution in [0.1, 0.15) is 22.4 Å². The highest BCUT2D eigenvalue weighted by molar-refractivity contribution is 6.36. The van der Waals surface area contributed by atoms with Crippen molar-refractivity contribution >= 4 is 51.2 Å². The van der Waals surface area contributed by atoms with E-state index in [-0.39, 0.29) is 5.56 Å². The predicted molar refractivity (Wildman–Crippen MR) is 144 cm³/mol. The van der Waals surface area contributed by atoms with Crippen molar-refractivity contribution in [2.75, 3.05) is 36.4 Å². The molecular formula is C26H26Cl2N6O. The predicted octanol–water partition coefficient (Wildman–Crippen LogP) is 4.99. The fourth-order valence-corrected chi connectivity index (χ4v) is 5.13. The van der Waals surface area contributed by atoms with E-state index in [1.807, 2.05) is 24.3 Å². The number of H-pyrrole nitrogens is 1. The minimum absolute atomic E-state index is 0.299. The molecule has 0 atom stereocenters. The number of aromatic nitrogens is 3. The molecule has 0 amide bonds. The minimum atomic E-state index is -0.299. The molecule has 2 aromatic heterocycles. The number of pyridine rings is 1. The number of rotatable bonds is 5. The summed E-state index contributed by atoms with van der Waals surface area (Å²) in [4.78, 5) is 20.0. The van der Waals surface area contributed by atoms with Gasteiger partial charge in [-0.1, -0.05) is 29.3 Å². The molecule has 3 heterocycles. The lowest BCUT2D eigenvalue weighted by Crippen LogP contribution is -2.43. The fourth-order valence-electron chi connectivity index (χ4n) is 4.60. The zero-order chi connectivity index (χ0) is 24.5. The maximum absolute atomic E-state index is 12.7. The van der Waals surface area contributed by atoms with Crippen LogP contribution in [0, 0.1) is 13.8 Å². The van der Waals surface area contributed by atoms with E-state index in [1.54, 1.807) is 6.20 Å². The highest BCUT2D eigenvalue weighted by Crippen LogP contribution is 2.32. The monoisotopic (exact) mass is 508 g/mol. The zero-order valence-electron chi connectivity index (χ0n) is 19.6. The SMILES string of the molecule is Cc1cc(N2CCNCC2)cc(C)c1Nc1nc(Cc2c(Cl)cccc2Cl)cc2cn[nH]c(=O)c12. The summed E-state index contributed by atoms with van der Waals surface area (Å²) >= 11 is 12.8. The third kappa shape index (κ3) is 4.85. The van der Waals surface area contributed by atoms with E-state index in [0.29, 0.717) is 33.1 Å². The summed E-state index contributed by atoms with van der Waals surface area (Å²) in [6, 6.07) is 11.7. The Balaban J connectivity index is 1.56. The lowest BCUT2D eigenvalue weighted by Gasteiger charge is -2.30. The summed E-state index contributed by atoms with van der Waals surface area (Å²) in [5, 5.41) is 15.7. The number of fused-ring (bicyclic) bond motifs is 1. The second-order valence-corrected chi connectivity index (χ2v) is 9.63. The van der Waals surface area contributed by atoms with E-state index in [1.165, 1.54) is 5.69 Å². The van der Waals surface area contributed by atoms with Crippen LogP contribution in [-0.2, 0) is 6.42 Å². The van der Waals surface area contributed by atoms with E-state index in [0.717, 1.165) is 54.3 Å². The van der Waals surface area contributed by atoms with Crippen LogP contribution in [-0.4, -0.2) is 41.4 Å². The second-order valence-electron chi connectivity index (χ2n) is 8.82. The second kappa shape index (κ2) is 9.85. The molecule has 1 aliphatic heterocycles. The number of hydrogen-bond donors (Lipinski definition) is 3. The first kappa shape index (κ1) is 23.6.